The number of nitrogens with zero attached hydrogens (tertiary/aromatic N) is 2. The Morgan fingerprint density at radius 2 is 2.07 bits per heavy atom. The molecule has 0 saturated heterocycles. The van der Waals surface area contributed by atoms with Crippen molar-refractivity contribution in [2.75, 3.05) is 7.11 Å². The fraction of sp³-hybridized carbons (Fsp3) is 0.100. The molecule has 5 nitrogen and oxygen atoms in total. The van der Waals surface area contributed by atoms with Gasteiger partial charge < -0.3 is 10.1 Å². The molecule has 4 aromatic rings. The summed E-state index contributed by atoms with van der Waals surface area (Å²) < 4.78 is 20.1. The number of thiazole rings is 1. The molecule has 0 bridgehead atoms. The van der Waals surface area contributed by atoms with E-state index < -0.39 is 0 Å². The molecule has 0 saturated carbocycles. The molecule has 4 rings (SSSR count). The van der Waals surface area contributed by atoms with Gasteiger partial charge in [0.2, 0.25) is 0 Å². The zero-order valence-corrected chi connectivity index (χ0v) is 15.3. The van der Waals surface area contributed by atoms with Crippen LogP contribution in [0.5, 0.6) is 5.75 Å². The highest BCUT2D eigenvalue weighted by atomic mass is 32.1. The van der Waals surface area contributed by atoms with E-state index >= 15 is 0 Å². The predicted octanol–water partition coefficient (Wildman–Crippen LogP) is 4.14. The first-order valence-electron chi connectivity index (χ1n) is 8.28. The molecule has 0 atom stereocenters. The van der Waals surface area contributed by atoms with Crippen LogP contribution in [0.3, 0.4) is 0 Å². The molecule has 2 aromatic heterocycles. The lowest BCUT2D eigenvalue weighted by Crippen LogP contribution is -2.23. The topological polar surface area (TPSA) is 55.6 Å². The summed E-state index contributed by atoms with van der Waals surface area (Å²) in [6.07, 6.45) is 1.79. The summed E-state index contributed by atoms with van der Waals surface area (Å²) in [4.78, 5) is 17.8. The van der Waals surface area contributed by atoms with E-state index in [-0.39, 0.29) is 11.7 Å². The van der Waals surface area contributed by atoms with Crippen molar-refractivity contribution in [2.45, 2.75) is 6.54 Å². The van der Waals surface area contributed by atoms with E-state index in [4.69, 9.17) is 4.74 Å². The lowest BCUT2D eigenvalue weighted by molar-refractivity contribution is 0.0945. The molecule has 0 aliphatic carbocycles. The number of carbonyl (C=O) groups excluding carboxylic acids is 1. The Morgan fingerprint density at radius 3 is 2.85 bits per heavy atom. The van der Waals surface area contributed by atoms with Gasteiger partial charge in [0.05, 0.1) is 12.8 Å². The zero-order chi connectivity index (χ0) is 18.8. The van der Waals surface area contributed by atoms with Crippen molar-refractivity contribution in [1.29, 1.82) is 0 Å². The number of nitrogens with one attached hydrogen (secondary N) is 1. The number of fused-ring (bicyclic) bond motifs is 1. The SMILES string of the molecule is COc1cccc(CNC(=O)c2csc3nc(-c4ccc(F)cc4)cn23)c1. The van der Waals surface area contributed by atoms with Crippen LogP contribution in [-0.4, -0.2) is 22.4 Å². The van der Waals surface area contributed by atoms with Gasteiger partial charge in [0.25, 0.3) is 5.91 Å². The lowest BCUT2D eigenvalue weighted by atomic mass is 10.2. The van der Waals surface area contributed by atoms with Crippen LogP contribution >= 0.6 is 11.3 Å². The van der Waals surface area contributed by atoms with Crippen LogP contribution in [0.1, 0.15) is 16.1 Å². The van der Waals surface area contributed by atoms with Gasteiger partial charge in [-0.1, -0.05) is 12.1 Å². The molecule has 0 spiro atoms. The Bertz CT molecular complexity index is 1100. The van der Waals surface area contributed by atoms with Gasteiger partial charge in [-0.15, -0.1) is 11.3 Å². The minimum Gasteiger partial charge on any atom is -0.497 e. The Kier molecular flexibility index (Phi) is 4.60. The smallest absolute Gasteiger partial charge is 0.269 e. The summed E-state index contributed by atoms with van der Waals surface area (Å²) in [5.74, 6) is 0.266. The number of hydrogen-bond donors (Lipinski definition) is 1. The maximum absolute atomic E-state index is 13.1. The average molecular weight is 381 g/mol. The third-order valence-electron chi connectivity index (χ3n) is 4.17. The van der Waals surface area contributed by atoms with E-state index in [0.717, 1.165) is 16.9 Å². The van der Waals surface area contributed by atoms with Gasteiger partial charge in [-0.05, 0) is 42.0 Å². The van der Waals surface area contributed by atoms with Gasteiger partial charge in [-0.3, -0.25) is 9.20 Å². The van der Waals surface area contributed by atoms with Crippen molar-refractivity contribution in [2.24, 2.45) is 0 Å². The lowest BCUT2D eigenvalue weighted by Gasteiger charge is -2.06. The first kappa shape index (κ1) is 17.2. The average Bonchev–Trinajstić information content (AvgIpc) is 3.27. The van der Waals surface area contributed by atoms with Crippen LogP contribution in [0, 0.1) is 5.82 Å². The van der Waals surface area contributed by atoms with Gasteiger partial charge in [-0.25, -0.2) is 9.37 Å². The van der Waals surface area contributed by atoms with Crippen molar-refractivity contribution in [1.82, 2.24) is 14.7 Å². The molecule has 2 aromatic carbocycles. The summed E-state index contributed by atoms with van der Waals surface area (Å²) in [6, 6.07) is 13.7. The van der Waals surface area contributed by atoms with Crippen LogP contribution in [-0.2, 0) is 6.54 Å². The maximum Gasteiger partial charge on any atom is 0.269 e. The second kappa shape index (κ2) is 7.20. The number of aromatic nitrogens is 2. The molecule has 0 unspecified atom stereocenters. The van der Waals surface area contributed by atoms with Crippen LogP contribution in [0.15, 0.2) is 60.1 Å². The molecule has 27 heavy (non-hydrogen) atoms. The zero-order valence-electron chi connectivity index (χ0n) is 14.5. The standard InChI is InChI=1S/C20H16FN3O2S/c1-26-16-4-2-3-13(9-16)10-22-19(25)18-12-27-20-23-17(11-24(18)20)14-5-7-15(21)8-6-14/h2-9,11-12H,10H2,1H3,(H,22,25). The Labute approximate surface area is 159 Å². The summed E-state index contributed by atoms with van der Waals surface area (Å²) in [5, 5.41) is 4.69. The third kappa shape index (κ3) is 3.54. The number of amides is 1. The van der Waals surface area contributed by atoms with E-state index in [1.165, 1.54) is 23.5 Å². The largest absolute Gasteiger partial charge is 0.497 e. The molecule has 0 aliphatic heterocycles. The number of ether oxygens (including phenoxy) is 1. The van der Waals surface area contributed by atoms with Crippen molar-refractivity contribution >= 4 is 22.2 Å². The van der Waals surface area contributed by atoms with E-state index in [1.807, 2.05) is 24.3 Å². The monoisotopic (exact) mass is 381 g/mol. The second-order valence-electron chi connectivity index (χ2n) is 5.94. The predicted molar refractivity (Wildman–Crippen MR) is 103 cm³/mol. The van der Waals surface area contributed by atoms with E-state index in [9.17, 15) is 9.18 Å². The first-order valence-corrected chi connectivity index (χ1v) is 9.15. The molecular formula is C20H16FN3O2S. The molecule has 0 fully saturated rings. The molecule has 7 heteroatoms. The van der Waals surface area contributed by atoms with E-state index in [1.54, 1.807) is 35.2 Å². The Hall–Kier alpha value is -3.19. The molecule has 1 amide bonds. The highest BCUT2D eigenvalue weighted by molar-refractivity contribution is 7.15. The molecule has 0 radical (unpaired) electrons. The normalized spacial score (nSPS) is 10.9. The minimum absolute atomic E-state index is 0.188. The van der Waals surface area contributed by atoms with Gasteiger partial charge in [-0.2, -0.15) is 0 Å². The van der Waals surface area contributed by atoms with Gasteiger partial charge in [0.1, 0.15) is 17.3 Å². The summed E-state index contributed by atoms with van der Waals surface area (Å²) in [5.41, 5.74) is 2.96. The van der Waals surface area contributed by atoms with Crippen molar-refractivity contribution in [3.05, 3.63) is 77.2 Å². The number of benzene rings is 2. The first-order chi connectivity index (χ1) is 13.1. The van der Waals surface area contributed by atoms with Crippen molar-refractivity contribution in [3.63, 3.8) is 0 Å². The van der Waals surface area contributed by atoms with E-state index in [2.05, 4.69) is 10.3 Å². The van der Waals surface area contributed by atoms with Gasteiger partial charge in [0.15, 0.2) is 4.96 Å². The summed E-state index contributed by atoms with van der Waals surface area (Å²) in [7, 11) is 1.61. The highest BCUT2D eigenvalue weighted by Gasteiger charge is 2.15. The summed E-state index contributed by atoms with van der Waals surface area (Å²) >= 11 is 1.39. The number of halogens is 1. The van der Waals surface area contributed by atoms with Gasteiger partial charge in [0, 0.05) is 23.7 Å². The van der Waals surface area contributed by atoms with Crippen LogP contribution in [0.4, 0.5) is 4.39 Å². The van der Waals surface area contributed by atoms with Crippen LogP contribution in [0.2, 0.25) is 0 Å². The van der Waals surface area contributed by atoms with Crippen LogP contribution < -0.4 is 10.1 Å². The van der Waals surface area contributed by atoms with Gasteiger partial charge >= 0.3 is 0 Å². The number of rotatable bonds is 5. The number of carbonyl (C=O) groups is 1. The second-order valence-corrected chi connectivity index (χ2v) is 6.78. The van der Waals surface area contributed by atoms with Crippen molar-refractivity contribution < 1.29 is 13.9 Å². The fourth-order valence-corrected chi connectivity index (χ4v) is 3.62. The van der Waals surface area contributed by atoms with Crippen molar-refractivity contribution in [3.8, 4) is 17.0 Å². The van der Waals surface area contributed by atoms with Crippen LogP contribution in [0.25, 0.3) is 16.2 Å². The molecule has 1 N–H and O–H groups in total. The Balaban J connectivity index is 1.54. The molecular weight excluding hydrogens is 365 g/mol. The minimum atomic E-state index is -0.294. The quantitative estimate of drug-likeness (QED) is 0.565. The maximum atomic E-state index is 13.1. The number of imidazole rings is 1. The fourth-order valence-electron chi connectivity index (χ4n) is 2.76. The highest BCUT2D eigenvalue weighted by Crippen LogP contribution is 2.24. The van der Waals surface area contributed by atoms with E-state index in [0.29, 0.717) is 22.9 Å². The molecule has 2 heterocycles. The number of methoxy groups -OCH3 is 1. The molecule has 0 aliphatic rings. The third-order valence-corrected chi connectivity index (χ3v) is 5.01. The number of hydrogen-bond acceptors (Lipinski definition) is 4. The summed E-state index contributed by atoms with van der Waals surface area (Å²) in [6.45, 7) is 0.396. The Morgan fingerprint density at radius 1 is 1.26 bits per heavy atom. The molecule has 136 valence electrons.